The minimum atomic E-state index is -4.44. The van der Waals surface area contributed by atoms with E-state index in [1.165, 1.54) is 12.1 Å². The van der Waals surface area contributed by atoms with Gasteiger partial charge in [0, 0.05) is 16.8 Å². The lowest BCUT2D eigenvalue weighted by Gasteiger charge is -2.17. The Balaban J connectivity index is 2.37. The van der Waals surface area contributed by atoms with Crippen LogP contribution in [0.4, 0.5) is 18.9 Å². The molecule has 1 aliphatic carbocycles. The molecule has 1 aliphatic rings. The molecule has 0 unspecified atom stereocenters. The zero-order valence-corrected chi connectivity index (χ0v) is 10.6. The van der Waals surface area contributed by atoms with Gasteiger partial charge in [0.1, 0.15) is 4.99 Å². The number of alkyl halides is 3. The smallest absolute Gasteiger partial charge is 0.389 e. The lowest BCUT2D eigenvalue weighted by atomic mass is 10.1. The van der Waals surface area contributed by atoms with Crippen LogP contribution in [0.25, 0.3) is 0 Å². The Kier molecular flexibility index (Phi) is 3.01. The molecule has 1 fully saturated rings. The second-order valence-electron chi connectivity index (χ2n) is 4.81. The molecule has 0 heterocycles. The third-order valence-electron chi connectivity index (χ3n) is 3.04. The summed E-state index contributed by atoms with van der Waals surface area (Å²) >= 11 is 4.69. The monoisotopic (exact) mass is 274 g/mol. The summed E-state index contributed by atoms with van der Waals surface area (Å²) in [5.74, 6) is 0. The Labute approximate surface area is 108 Å². The SMILES string of the molecule is CC1(Nc2ccc(C(F)(F)F)c(C(N)=S)c2)CC1. The van der Waals surface area contributed by atoms with Crippen molar-refractivity contribution in [1.82, 2.24) is 0 Å². The van der Waals surface area contributed by atoms with Crippen molar-refractivity contribution in [3.05, 3.63) is 29.3 Å². The maximum atomic E-state index is 12.8. The Morgan fingerprint density at radius 3 is 2.44 bits per heavy atom. The van der Waals surface area contributed by atoms with Crippen LogP contribution in [0, 0.1) is 0 Å². The Morgan fingerprint density at radius 2 is 2.00 bits per heavy atom. The van der Waals surface area contributed by atoms with Crippen LogP contribution in [0.5, 0.6) is 0 Å². The molecule has 18 heavy (non-hydrogen) atoms. The molecule has 0 saturated heterocycles. The van der Waals surface area contributed by atoms with Gasteiger partial charge in [-0.3, -0.25) is 0 Å². The molecular weight excluding hydrogens is 261 g/mol. The van der Waals surface area contributed by atoms with Crippen molar-refractivity contribution in [3.8, 4) is 0 Å². The highest BCUT2D eigenvalue weighted by Gasteiger charge is 2.38. The first kappa shape index (κ1) is 13.1. The van der Waals surface area contributed by atoms with E-state index in [1.807, 2.05) is 6.92 Å². The van der Waals surface area contributed by atoms with Gasteiger partial charge in [-0.25, -0.2) is 0 Å². The third kappa shape index (κ3) is 2.75. The lowest BCUT2D eigenvalue weighted by Crippen LogP contribution is -2.20. The third-order valence-corrected chi connectivity index (χ3v) is 3.26. The summed E-state index contributed by atoms with van der Waals surface area (Å²) < 4.78 is 38.3. The van der Waals surface area contributed by atoms with Crippen LogP contribution in [-0.4, -0.2) is 10.5 Å². The van der Waals surface area contributed by atoms with Gasteiger partial charge < -0.3 is 11.1 Å². The molecule has 3 N–H and O–H groups in total. The predicted molar refractivity (Wildman–Crippen MR) is 68.6 cm³/mol. The first-order chi connectivity index (χ1) is 8.21. The van der Waals surface area contributed by atoms with Gasteiger partial charge in [0.15, 0.2) is 0 Å². The maximum absolute atomic E-state index is 12.8. The highest BCUT2D eigenvalue weighted by atomic mass is 32.1. The van der Waals surface area contributed by atoms with Crippen molar-refractivity contribution in [2.75, 3.05) is 5.32 Å². The number of hydrogen-bond donors (Lipinski definition) is 2. The number of halogens is 3. The van der Waals surface area contributed by atoms with Gasteiger partial charge in [-0.05, 0) is 38.0 Å². The highest BCUT2D eigenvalue weighted by molar-refractivity contribution is 7.80. The minimum absolute atomic E-state index is 0.00671. The maximum Gasteiger partial charge on any atom is 0.417 e. The van der Waals surface area contributed by atoms with Crippen molar-refractivity contribution in [1.29, 1.82) is 0 Å². The van der Waals surface area contributed by atoms with Gasteiger partial charge in [-0.1, -0.05) is 12.2 Å². The van der Waals surface area contributed by atoms with Crippen LogP contribution in [0.1, 0.15) is 30.9 Å². The second-order valence-corrected chi connectivity index (χ2v) is 5.25. The number of nitrogens with one attached hydrogen (secondary N) is 1. The number of rotatable bonds is 3. The van der Waals surface area contributed by atoms with Crippen LogP contribution >= 0.6 is 12.2 Å². The van der Waals surface area contributed by atoms with Gasteiger partial charge in [0.25, 0.3) is 0 Å². The molecule has 0 radical (unpaired) electrons. The summed E-state index contributed by atoms with van der Waals surface area (Å²) in [5, 5.41) is 3.18. The number of anilines is 1. The molecular formula is C12H13F3N2S. The van der Waals surface area contributed by atoms with Crippen molar-refractivity contribution < 1.29 is 13.2 Å². The fraction of sp³-hybridized carbons (Fsp3) is 0.417. The molecule has 2 rings (SSSR count). The van der Waals surface area contributed by atoms with Crippen LogP contribution in [0.15, 0.2) is 18.2 Å². The fourth-order valence-electron chi connectivity index (χ4n) is 1.73. The molecule has 98 valence electrons. The van der Waals surface area contributed by atoms with Gasteiger partial charge in [0.2, 0.25) is 0 Å². The molecule has 0 aromatic heterocycles. The molecule has 2 nitrogen and oxygen atoms in total. The molecule has 1 aromatic rings. The minimum Gasteiger partial charge on any atom is -0.389 e. The fourth-order valence-corrected chi connectivity index (χ4v) is 1.90. The van der Waals surface area contributed by atoms with E-state index >= 15 is 0 Å². The van der Waals surface area contributed by atoms with Gasteiger partial charge in [-0.2, -0.15) is 13.2 Å². The lowest BCUT2D eigenvalue weighted by molar-refractivity contribution is -0.137. The van der Waals surface area contributed by atoms with Gasteiger partial charge in [0.05, 0.1) is 5.56 Å². The predicted octanol–water partition coefficient (Wildman–Crippen LogP) is 3.30. The summed E-state index contributed by atoms with van der Waals surface area (Å²) in [5.41, 5.74) is 5.05. The Morgan fingerprint density at radius 1 is 1.39 bits per heavy atom. The topological polar surface area (TPSA) is 38.0 Å². The number of hydrogen-bond acceptors (Lipinski definition) is 2. The van der Waals surface area contributed by atoms with Crippen molar-refractivity contribution in [2.24, 2.45) is 5.73 Å². The molecule has 1 saturated carbocycles. The average molecular weight is 274 g/mol. The first-order valence-corrected chi connectivity index (χ1v) is 5.91. The molecule has 0 spiro atoms. The van der Waals surface area contributed by atoms with E-state index in [9.17, 15) is 13.2 Å². The number of thiocarbonyl (C=S) groups is 1. The quantitative estimate of drug-likeness (QED) is 0.830. The largest absolute Gasteiger partial charge is 0.417 e. The number of nitrogens with two attached hydrogens (primary N) is 1. The summed E-state index contributed by atoms with van der Waals surface area (Å²) in [6.07, 6.45) is -2.42. The Hall–Kier alpha value is -1.30. The normalized spacial score (nSPS) is 17.3. The summed E-state index contributed by atoms with van der Waals surface area (Å²) in [7, 11) is 0. The van der Waals surface area contributed by atoms with E-state index in [0.29, 0.717) is 5.69 Å². The van der Waals surface area contributed by atoms with E-state index < -0.39 is 11.7 Å². The van der Waals surface area contributed by atoms with Crippen LogP contribution in [0.3, 0.4) is 0 Å². The second kappa shape index (κ2) is 4.12. The standard InChI is InChI=1S/C12H13F3N2S/c1-11(4-5-11)17-7-2-3-9(12(13,14)15)8(6-7)10(16)18/h2-3,6,17H,4-5H2,1H3,(H2,16,18). The summed E-state index contributed by atoms with van der Waals surface area (Å²) in [4.78, 5) is -0.244. The molecule has 0 aliphatic heterocycles. The van der Waals surface area contributed by atoms with E-state index in [-0.39, 0.29) is 16.1 Å². The van der Waals surface area contributed by atoms with Crippen molar-refractivity contribution in [3.63, 3.8) is 0 Å². The Bertz CT molecular complexity index is 493. The van der Waals surface area contributed by atoms with E-state index in [0.717, 1.165) is 18.9 Å². The zero-order valence-electron chi connectivity index (χ0n) is 9.77. The highest BCUT2D eigenvalue weighted by Crippen LogP contribution is 2.39. The summed E-state index contributed by atoms with van der Waals surface area (Å²) in [6, 6.07) is 3.80. The van der Waals surface area contributed by atoms with Crippen LogP contribution in [0.2, 0.25) is 0 Å². The van der Waals surface area contributed by atoms with E-state index in [1.54, 1.807) is 0 Å². The molecule has 0 atom stereocenters. The molecule has 1 aromatic carbocycles. The average Bonchev–Trinajstić information content (AvgIpc) is 2.94. The first-order valence-electron chi connectivity index (χ1n) is 5.50. The van der Waals surface area contributed by atoms with Crippen molar-refractivity contribution >= 4 is 22.9 Å². The zero-order chi connectivity index (χ0) is 13.6. The van der Waals surface area contributed by atoms with Gasteiger partial charge in [-0.15, -0.1) is 0 Å². The van der Waals surface area contributed by atoms with Crippen LogP contribution < -0.4 is 11.1 Å². The van der Waals surface area contributed by atoms with E-state index in [4.69, 9.17) is 5.73 Å². The summed E-state index contributed by atoms with van der Waals surface area (Å²) in [6.45, 7) is 2.02. The van der Waals surface area contributed by atoms with Crippen LogP contribution in [-0.2, 0) is 6.18 Å². The number of benzene rings is 1. The van der Waals surface area contributed by atoms with Crippen molar-refractivity contribution in [2.45, 2.75) is 31.5 Å². The molecule has 6 heteroatoms. The van der Waals surface area contributed by atoms with E-state index in [2.05, 4.69) is 17.5 Å². The molecule has 0 bridgehead atoms. The molecule has 0 amide bonds. The van der Waals surface area contributed by atoms with Gasteiger partial charge >= 0.3 is 6.18 Å².